The predicted octanol–water partition coefficient (Wildman–Crippen LogP) is 10.0. The maximum absolute atomic E-state index is 5.32. The zero-order chi connectivity index (χ0) is 28.3. The summed E-state index contributed by atoms with van der Waals surface area (Å²) in [5.41, 5.74) is 3.24. The molecule has 0 radical (unpaired) electrons. The van der Waals surface area contributed by atoms with E-state index in [9.17, 15) is 0 Å². The number of nitrogens with zero attached hydrogens (tertiary/aromatic N) is 2. The van der Waals surface area contributed by atoms with Crippen LogP contribution in [0.4, 0.5) is 0 Å². The van der Waals surface area contributed by atoms with Gasteiger partial charge in [-0.3, -0.25) is 0 Å². The molecule has 0 spiro atoms. The van der Waals surface area contributed by atoms with Gasteiger partial charge in [0.1, 0.15) is 11.7 Å². The Labute approximate surface area is 252 Å². The van der Waals surface area contributed by atoms with Gasteiger partial charge in [-0.2, -0.15) is 0 Å². The predicted molar refractivity (Wildman–Crippen MR) is 184 cm³/mol. The summed E-state index contributed by atoms with van der Waals surface area (Å²) in [6.45, 7) is 0. The van der Waals surface area contributed by atoms with E-state index >= 15 is 0 Å². The van der Waals surface area contributed by atoms with Gasteiger partial charge in [-0.25, -0.2) is 9.98 Å². The molecule has 9 rings (SSSR count). The molecule has 43 heavy (non-hydrogen) atoms. The Bertz CT molecular complexity index is 2440. The van der Waals surface area contributed by atoms with Crippen LogP contribution >= 0.6 is 11.3 Å². The van der Waals surface area contributed by atoms with Gasteiger partial charge in [0.15, 0.2) is 6.17 Å². The minimum Gasteiger partial charge on any atom is -0.324 e. The topological polar surface area (TPSA) is 36.8 Å². The molecule has 1 aromatic heterocycles. The summed E-state index contributed by atoms with van der Waals surface area (Å²) in [6, 6.07) is 49.6. The summed E-state index contributed by atoms with van der Waals surface area (Å²) in [4.78, 5) is 10.5. The quantitative estimate of drug-likeness (QED) is 0.212. The highest BCUT2D eigenvalue weighted by Gasteiger charge is 2.24. The van der Waals surface area contributed by atoms with Crippen molar-refractivity contribution >= 4 is 75.5 Å². The molecule has 1 unspecified atom stereocenters. The van der Waals surface area contributed by atoms with Crippen molar-refractivity contribution < 1.29 is 0 Å². The Balaban J connectivity index is 1.26. The van der Waals surface area contributed by atoms with E-state index in [0.29, 0.717) is 0 Å². The normalized spacial score (nSPS) is 15.2. The van der Waals surface area contributed by atoms with Gasteiger partial charge < -0.3 is 5.32 Å². The number of rotatable bonds is 3. The van der Waals surface area contributed by atoms with Gasteiger partial charge in [0, 0.05) is 36.9 Å². The summed E-state index contributed by atoms with van der Waals surface area (Å²) in [5, 5.41) is 13.6. The van der Waals surface area contributed by atoms with Crippen LogP contribution in [0, 0.1) is 0 Å². The highest BCUT2D eigenvalue weighted by molar-refractivity contribution is 7.26. The molecule has 1 atom stereocenters. The van der Waals surface area contributed by atoms with Crippen molar-refractivity contribution in [1.82, 2.24) is 5.32 Å². The van der Waals surface area contributed by atoms with E-state index in [2.05, 4.69) is 139 Å². The van der Waals surface area contributed by atoms with Crippen LogP contribution in [0.3, 0.4) is 0 Å². The molecule has 7 aromatic carbocycles. The molecule has 3 nitrogen and oxygen atoms in total. The molecule has 8 aromatic rings. The maximum Gasteiger partial charge on any atom is 0.171 e. The second-order valence-electron chi connectivity index (χ2n) is 11.0. The lowest BCUT2D eigenvalue weighted by atomic mass is 9.94. The van der Waals surface area contributed by atoms with Crippen molar-refractivity contribution in [2.45, 2.75) is 6.17 Å². The first-order valence-corrected chi connectivity index (χ1v) is 15.4. The first-order chi connectivity index (χ1) is 21.3. The molecular weight excluding hydrogens is 543 g/mol. The number of fused-ring (bicyclic) bond motifs is 8. The van der Waals surface area contributed by atoms with Gasteiger partial charge in [0.25, 0.3) is 0 Å². The van der Waals surface area contributed by atoms with E-state index in [1.54, 1.807) is 0 Å². The third-order valence-electron chi connectivity index (χ3n) is 8.54. The van der Waals surface area contributed by atoms with Crippen molar-refractivity contribution in [1.29, 1.82) is 0 Å². The molecule has 4 heteroatoms. The second-order valence-corrected chi connectivity index (χ2v) is 12.0. The van der Waals surface area contributed by atoms with Gasteiger partial charge in [-0.05, 0) is 38.4 Å². The average molecular weight is 568 g/mol. The molecule has 0 bridgehead atoms. The fourth-order valence-electron chi connectivity index (χ4n) is 6.50. The lowest BCUT2D eigenvalue weighted by molar-refractivity contribution is 0.764. The van der Waals surface area contributed by atoms with Gasteiger partial charge in [-0.1, -0.05) is 133 Å². The van der Waals surface area contributed by atoms with Gasteiger partial charge in [0.05, 0.1) is 0 Å². The van der Waals surface area contributed by atoms with Crippen LogP contribution in [0.25, 0.3) is 52.5 Å². The van der Waals surface area contributed by atoms with E-state index in [4.69, 9.17) is 9.98 Å². The molecule has 0 saturated carbocycles. The monoisotopic (exact) mass is 567 g/mol. The fraction of sp³-hybridized carbons (Fsp3) is 0.0256. The summed E-state index contributed by atoms with van der Waals surface area (Å²) in [5.74, 6) is 1.67. The molecule has 202 valence electrons. The Morgan fingerprint density at radius 1 is 0.465 bits per heavy atom. The van der Waals surface area contributed by atoms with Crippen molar-refractivity contribution in [2.24, 2.45) is 9.98 Å². The van der Waals surface area contributed by atoms with Crippen LogP contribution in [-0.4, -0.2) is 11.7 Å². The van der Waals surface area contributed by atoms with Gasteiger partial charge >= 0.3 is 0 Å². The molecule has 0 saturated heterocycles. The Morgan fingerprint density at radius 3 is 2.05 bits per heavy atom. The molecule has 0 amide bonds. The first-order valence-electron chi connectivity index (χ1n) is 14.5. The molecule has 1 N–H and O–H groups in total. The summed E-state index contributed by atoms with van der Waals surface area (Å²) in [7, 11) is 0. The molecule has 1 aliphatic heterocycles. The van der Waals surface area contributed by atoms with Crippen LogP contribution in [-0.2, 0) is 0 Å². The highest BCUT2D eigenvalue weighted by Crippen LogP contribution is 2.40. The summed E-state index contributed by atoms with van der Waals surface area (Å²) < 4.78 is 2.52. The highest BCUT2D eigenvalue weighted by atomic mass is 32.1. The lowest BCUT2D eigenvalue weighted by Crippen LogP contribution is -2.36. The first kappa shape index (κ1) is 24.3. The zero-order valence-electron chi connectivity index (χ0n) is 23.2. The van der Waals surface area contributed by atoms with Crippen molar-refractivity contribution in [3.63, 3.8) is 0 Å². The van der Waals surface area contributed by atoms with Crippen LogP contribution in [0.2, 0.25) is 0 Å². The maximum atomic E-state index is 5.32. The molecule has 2 heterocycles. The molecule has 0 fully saturated rings. The van der Waals surface area contributed by atoms with Crippen LogP contribution < -0.4 is 5.32 Å². The Kier molecular flexibility index (Phi) is 5.43. The molecule has 0 aliphatic carbocycles. The average Bonchev–Trinajstić information content (AvgIpc) is 3.47. The minimum absolute atomic E-state index is 0.372. The SMILES string of the molecule is c1ccc(C2=NC(c3cccc4c3sc3ccccc34)N=C(c3cccc4c3ccc3c5ccccc5ccc43)N2)cc1. The number of amidine groups is 2. The van der Waals surface area contributed by atoms with E-state index in [1.165, 1.54) is 52.5 Å². The molecular formula is C39H25N3S. The molecule has 1 aliphatic rings. The van der Waals surface area contributed by atoms with Gasteiger partial charge in [-0.15, -0.1) is 11.3 Å². The Hall–Kier alpha value is -5.32. The minimum atomic E-state index is -0.372. The fourth-order valence-corrected chi connectivity index (χ4v) is 7.74. The number of aliphatic imine (C=N–C) groups is 2. The number of thiophene rings is 1. The van der Waals surface area contributed by atoms with Crippen LogP contribution in [0.15, 0.2) is 150 Å². The number of hydrogen-bond donors (Lipinski definition) is 1. The number of benzene rings is 7. The smallest absolute Gasteiger partial charge is 0.171 e. The van der Waals surface area contributed by atoms with Crippen molar-refractivity contribution in [3.8, 4) is 0 Å². The summed E-state index contributed by atoms with van der Waals surface area (Å²) in [6.07, 6.45) is -0.372. The second kappa shape index (κ2) is 9.62. The third kappa shape index (κ3) is 3.88. The van der Waals surface area contributed by atoms with Gasteiger partial charge in [0.2, 0.25) is 0 Å². The zero-order valence-corrected chi connectivity index (χ0v) is 24.0. The largest absolute Gasteiger partial charge is 0.324 e. The van der Waals surface area contributed by atoms with E-state index in [-0.39, 0.29) is 6.17 Å². The van der Waals surface area contributed by atoms with Crippen molar-refractivity contribution in [2.75, 3.05) is 0 Å². The Morgan fingerprint density at radius 2 is 1.12 bits per heavy atom. The van der Waals surface area contributed by atoms with Crippen LogP contribution in [0.1, 0.15) is 22.9 Å². The number of hydrogen-bond acceptors (Lipinski definition) is 4. The standard InChI is InChI=1S/C39H25N3S/c1-2-11-25(12-3-1)37-40-38(42-39(41-37)34-18-9-16-32-31-14-6-7-19-35(31)43-36(32)34)33-17-8-15-27-29-21-20-24-10-4-5-13-26(24)28(29)22-23-30(27)33/h1-23,39H,(H,40,41,42). The lowest BCUT2D eigenvalue weighted by Gasteiger charge is -2.23. The van der Waals surface area contributed by atoms with E-state index < -0.39 is 0 Å². The summed E-state index contributed by atoms with van der Waals surface area (Å²) >= 11 is 1.82. The third-order valence-corrected chi connectivity index (χ3v) is 9.77. The number of nitrogens with one attached hydrogen (secondary N) is 1. The van der Waals surface area contributed by atoms with Crippen LogP contribution in [0.5, 0.6) is 0 Å². The van der Waals surface area contributed by atoms with E-state index in [0.717, 1.165) is 28.4 Å². The van der Waals surface area contributed by atoms with E-state index in [1.807, 2.05) is 17.4 Å². The van der Waals surface area contributed by atoms with Crippen molar-refractivity contribution in [3.05, 3.63) is 156 Å².